The molecule has 0 aromatic rings. The minimum absolute atomic E-state index is 0.133. The molecule has 0 aromatic carbocycles. The molecule has 9 nitrogen and oxygen atoms in total. The highest BCUT2D eigenvalue weighted by Crippen LogP contribution is 2.24. The van der Waals surface area contributed by atoms with Gasteiger partial charge in [0.2, 0.25) is 5.91 Å². The van der Waals surface area contributed by atoms with E-state index in [1.165, 1.54) is 302 Å². The summed E-state index contributed by atoms with van der Waals surface area (Å²) in [5.74, 6) is -0.135. The van der Waals surface area contributed by atoms with Crippen molar-refractivity contribution in [3.63, 3.8) is 0 Å². The van der Waals surface area contributed by atoms with Gasteiger partial charge in [-0.3, -0.25) is 4.79 Å². The van der Waals surface area contributed by atoms with Crippen LogP contribution in [-0.2, 0) is 14.3 Å². The van der Waals surface area contributed by atoms with Crippen LogP contribution in [0.2, 0.25) is 0 Å². The highest BCUT2D eigenvalue weighted by atomic mass is 16.7. The molecule has 496 valence electrons. The van der Waals surface area contributed by atoms with Crippen molar-refractivity contribution in [3.8, 4) is 0 Å². The van der Waals surface area contributed by atoms with E-state index in [9.17, 15) is 30.3 Å². The van der Waals surface area contributed by atoms with Gasteiger partial charge in [0, 0.05) is 6.42 Å². The van der Waals surface area contributed by atoms with E-state index in [0.29, 0.717) is 12.8 Å². The molecule has 1 saturated heterocycles. The number of aliphatic hydroxyl groups is 5. The molecular formula is C75H143NO8. The Hall–Kier alpha value is -1.59. The van der Waals surface area contributed by atoms with Crippen LogP contribution in [0.5, 0.6) is 0 Å². The Morgan fingerprint density at radius 1 is 0.405 bits per heavy atom. The van der Waals surface area contributed by atoms with Gasteiger partial charge in [-0.25, -0.2) is 0 Å². The zero-order chi connectivity index (χ0) is 60.7. The van der Waals surface area contributed by atoms with E-state index in [1.54, 1.807) is 0 Å². The molecule has 0 bridgehead atoms. The van der Waals surface area contributed by atoms with E-state index in [1.807, 2.05) is 0 Å². The molecule has 6 N–H and O–H groups in total. The molecule has 1 amide bonds. The summed E-state index contributed by atoms with van der Waals surface area (Å²) in [6, 6.07) is -0.718. The van der Waals surface area contributed by atoms with Crippen LogP contribution in [-0.4, -0.2) is 87.5 Å². The Balaban J connectivity index is 2.04. The molecule has 9 heteroatoms. The highest BCUT2D eigenvalue weighted by molar-refractivity contribution is 5.76. The molecule has 1 aliphatic heterocycles. The van der Waals surface area contributed by atoms with Crippen molar-refractivity contribution in [2.75, 3.05) is 13.2 Å². The van der Waals surface area contributed by atoms with Crippen molar-refractivity contribution in [1.29, 1.82) is 0 Å². The van der Waals surface area contributed by atoms with Gasteiger partial charge in [-0.15, -0.1) is 0 Å². The number of hydrogen-bond donors (Lipinski definition) is 6. The second-order valence-corrected chi connectivity index (χ2v) is 26.1. The first-order valence-corrected chi connectivity index (χ1v) is 37.2. The molecule has 0 spiro atoms. The molecule has 1 heterocycles. The van der Waals surface area contributed by atoms with E-state index in [-0.39, 0.29) is 12.5 Å². The number of ether oxygens (including phenoxy) is 2. The van der Waals surface area contributed by atoms with Gasteiger partial charge >= 0.3 is 0 Å². The summed E-state index contributed by atoms with van der Waals surface area (Å²) in [7, 11) is 0. The predicted molar refractivity (Wildman–Crippen MR) is 360 cm³/mol. The Morgan fingerprint density at radius 3 is 1.04 bits per heavy atom. The van der Waals surface area contributed by atoms with E-state index in [2.05, 4.69) is 55.6 Å². The SMILES string of the molecule is CCCCCCC/C=C\C/C=C\C/C=C\CCCCCCCCCCCCCCCCCCCCCCCCCCC(=O)NC(COC1OC(CO)C(O)C(O)C1O)C(O)CCCCCCCCCCCCCCCCCCCCCCCC. The number of hydrogen-bond acceptors (Lipinski definition) is 8. The number of carbonyl (C=O) groups is 1. The summed E-state index contributed by atoms with van der Waals surface area (Å²) in [5, 5.41) is 55.0. The number of allylic oxidation sites excluding steroid dienone is 6. The second kappa shape index (κ2) is 64.4. The van der Waals surface area contributed by atoms with Crippen LogP contribution in [0.1, 0.15) is 380 Å². The largest absolute Gasteiger partial charge is 0.394 e. The fourth-order valence-corrected chi connectivity index (χ4v) is 12.2. The average Bonchev–Trinajstić information content (AvgIpc) is 3.70. The molecule has 1 fully saturated rings. The zero-order valence-corrected chi connectivity index (χ0v) is 55.7. The molecule has 7 unspecified atom stereocenters. The summed E-state index contributed by atoms with van der Waals surface area (Å²) in [6.45, 7) is 3.88. The second-order valence-electron chi connectivity index (χ2n) is 26.1. The molecular weight excluding hydrogens is 1040 g/mol. The zero-order valence-electron chi connectivity index (χ0n) is 55.7. The number of amides is 1. The van der Waals surface area contributed by atoms with Gasteiger partial charge < -0.3 is 40.3 Å². The van der Waals surface area contributed by atoms with Gasteiger partial charge in [0.1, 0.15) is 24.4 Å². The van der Waals surface area contributed by atoms with Crippen molar-refractivity contribution in [1.82, 2.24) is 5.32 Å². The first-order valence-electron chi connectivity index (χ1n) is 37.2. The fraction of sp³-hybridized carbons (Fsp3) is 0.907. The summed E-state index contributed by atoms with van der Waals surface area (Å²) in [5.41, 5.74) is 0. The Morgan fingerprint density at radius 2 is 0.702 bits per heavy atom. The normalized spacial score (nSPS) is 18.3. The molecule has 0 aliphatic carbocycles. The lowest BCUT2D eigenvalue weighted by molar-refractivity contribution is -0.302. The number of unbranched alkanes of at least 4 members (excludes halogenated alkanes) is 50. The molecule has 7 atom stereocenters. The van der Waals surface area contributed by atoms with Gasteiger partial charge in [0.15, 0.2) is 6.29 Å². The smallest absolute Gasteiger partial charge is 0.220 e. The van der Waals surface area contributed by atoms with Crippen LogP contribution >= 0.6 is 0 Å². The number of nitrogens with one attached hydrogen (secondary N) is 1. The predicted octanol–water partition coefficient (Wildman–Crippen LogP) is 20.6. The van der Waals surface area contributed by atoms with Crippen LogP contribution in [0.15, 0.2) is 36.5 Å². The first kappa shape index (κ1) is 80.4. The average molecular weight is 1190 g/mol. The van der Waals surface area contributed by atoms with Gasteiger partial charge in [0.05, 0.1) is 25.4 Å². The maximum Gasteiger partial charge on any atom is 0.220 e. The van der Waals surface area contributed by atoms with E-state index in [4.69, 9.17) is 9.47 Å². The molecule has 1 rings (SSSR count). The van der Waals surface area contributed by atoms with Gasteiger partial charge in [-0.05, 0) is 51.4 Å². The van der Waals surface area contributed by atoms with E-state index in [0.717, 1.165) is 51.4 Å². The lowest BCUT2D eigenvalue weighted by atomic mass is 9.99. The lowest BCUT2D eigenvalue weighted by Crippen LogP contribution is -2.60. The van der Waals surface area contributed by atoms with Crippen molar-refractivity contribution in [3.05, 3.63) is 36.5 Å². The topological polar surface area (TPSA) is 149 Å². The molecule has 0 radical (unpaired) electrons. The van der Waals surface area contributed by atoms with Crippen LogP contribution in [0.3, 0.4) is 0 Å². The Bertz CT molecular complexity index is 1420. The van der Waals surface area contributed by atoms with Crippen LogP contribution in [0, 0.1) is 0 Å². The third kappa shape index (κ3) is 52.4. The summed E-state index contributed by atoms with van der Waals surface area (Å²) in [6.07, 6.45) is 79.5. The lowest BCUT2D eigenvalue weighted by Gasteiger charge is -2.40. The van der Waals surface area contributed by atoms with E-state index >= 15 is 0 Å². The standard InChI is InChI=1S/C75H143NO8/c1-3-5-7-9-11-13-15-17-19-21-23-25-27-28-29-30-31-32-33-34-35-36-37-38-39-40-41-42-43-45-47-49-51-53-55-57-59-61-63-65-71(79)76-68(67-83-75-74(82)73(81)72(80)70(66-77)84-75)69(78)64-62-60-58-56-54-52-50-48-46-44-26-24-22-20-18-16-14-12-10-8-6-4-2/h15,17,21,23,27-28,68-70,72-75,77-78,80-82H,3-14,16,18-20,22,24-26,29-67H2,1-2H3,(H,76,79)/b17-15-,23-21-,28-27-. The fourth-order valence-electron chi connectivity index (χ4n) is 12.2. The van der Waals surface area contributed by atoms with Crippen LogP contribution < -0.4 is 5.32 Å². The van der Waals surface area contributed by atoms with Crippen LogP contribution in [0.4, 0.5) is 0 Å². The summed E-state index contributed by atoms with van der Waals surface area (Å²) < 4.78 is 11.4. The number of rotatable bonds is 66. The van der Waals surface area contributed by atoms with Crippen molar-refractivity contribution >= 4 is 5.91 Å². The van der Waals surface area contributed by atoms with Gasteiger partial charge in [-0.1, -0.05) is 359 Å². The van der Waals surface area contributed by atoms with Crippen LogP contribution in [0.25, 0.3) is 0 Å². The van der Waals surface area contributed by atoms with Crippen molar-refractivity contribution < 1.29 is 39.8 Å². The number of carbonyl (C=O) groups excluding carboxylic acids is 1. The molecule has 84 heavy (non-hydrogen) atoms. The number of aliphatic hydroxyl groups excluding tert-OH is 5. The maximum absolute atomic E-state index is 13.2. The highest BCUT2D eigenvalue weighted by Gasteiger charge is 2.44. The van der Waals surface area contributed by atoms with Gasteiger partial charge in [-0.2, -0.15) is 0 Å². The van der Waals surface area contributed by atoms with Crippen molar-refractivity contribution in [2.24, 2.45) is 0 Å². The maximum atomic E-state index is 13.2. The van der Waals surface area contributed by atoms with Crippen molar-refractivity contribution in [2.45, 2.75) is 423 Å². The van der Waals surface area contributed by atoms with E-state index < -0.39 is 49.5 Å². The monoisotopic (exact) mass is 1190 g/mol. The molecule has 1 aliphatic rings. The molecule has 0 aromatic heterocycles. The summed E-state index contributed by atoms with van der Waals surface area (Å²) >= 11 is 0. The third-order valence-electron chi connectivity index (χ3n) is 18.0. The minimum Gasteiger partial charge on any atom is -0.394 e. The first-order chi connectivity index (χ1) is 41.3. The Kier molecular flexibility index (Phi) is 61.7. The summed E-state index contributed by atoms with van der Waals surface area (Å²) in [4.78, 5) is 13.2. The minimum atomic E-state index is -1.55. The molecule has 0 saturated carbocycles. The Labute approximate surface area is 521 Å². The van der Waals surface area contributed by atoms with Gasteiger partial charge in [0.25, 0.3) is 0 Å². The third-order valence-corrected chi connectivity index (χ3v) is 18.0. The quantitative estimate of drug-likeness (QED) is 0.0261.